The summed E-state index contributed by atoms with van der Waals surface area (Å²) in [5, 5.41) is 4.25. The number of aliphatic imine (C=N–C) groups is 1. The predicted molar refractivity (Wildman–Crippen MR) is 118 cm³/mol. The Hall–Kier alpha value is -0.730. The summed E-state index contributed by atoms with van der Waals surface area (Å²) in [5.41, 5.74) is 1.20. The summed E-state index contributed by atoms with van der Waals surface area (Å²) in [4.78, 5) is 9.11. The lowest BCUT2D eigenvalue weighted by Crippen LogP contribution is -2.52. The van der Waals surface area contributed by atoms with E-state index in [2.05, 4.69) is 26.2 Å². The fourth-order valence-electron chi connectivity index (χ4n) is 2.86. The van der Waals surface area contributed by atoms with Gasteiger partial charge in [0.15, 0.2) is 5.96 Å². The summed E-state index contributed by atoms with van der Waals surface area (Å²) >= 11 is 6.09. The normalized spacial score (nSPS) is 15.1. The molecule has 0 saturated carbocycles. The lowest BCUT2D eigenvalue weighted by atomic mass is 10.2. The third-order valence-electron chi connectivity index (χ3n) is 4.17. The lowest BCUT2D eigenvalue weighted by molar-refractivity contribution is 0.143. The Morgan fingerprint density at radius 2 is 2.00 bits per heavy atom. The van der Waals surface area contributed by atoms with Gasteiger partial charge in [-0.1, -0.05) is 17.7 Å². The number of rotatable bonds is 7. The van der Waals surface area contributed by atoms with Crippen LogP contribution in [-0.4, -0.2) is 63.8 Å². The maximum atomic E-state index is 6.09. The van der Waals surface area contributed by atoms with Gasteiger partial charge in [0.2, 0.25) is 0 Å². The van der Waals surface area contributed by atoms with Crippen molar-refractivity contribution in [2.45, 2.75) is 19.8 Å². The van der Waals surface area contributed by atoms with Crippen LogP contribution in [0.1, 0.15) is 19.8 Å². The summed E-state index contributed by atoms with van der Waals surface area (Å²) in [6.07, 6.45) is 2.18. The molecule has 0 unspecified atom stereocenters. The van der Waals surface area contributed by atoms with Gasteiger partial charge in [0.05, 0.1) is 0 Å². The minimum atomic E-state index is 0. The van der Waals surface area contributed by atoms with Crippen LogP contribution in [0, 0.1) is 0 Å². The van der Waals surface area contributed by atoms with Crippen LogP contribution in [0.2, 0.25) is 5.02 Å². The highest BCUT2D eigenvalue weighted by Crippen LogP contribution is 2.20. The molecule has 0 bridgehead atoms. The van der Waals surface area contributed by atoms with E-state index in [1.807, 2.05) is 32.2 Å². The fraction of sp³-hybridized carbons (Fsp3) is 0.611. The fourth-order valence-corrected chi connectivity index (χ4v) is 3.04. The van der Waals surface area contributed by atoms with Crippen molar-refractivity contribution in [2.24, 2.45) is 4.99 Å². The number of nitrogens with zero attached hydrogens (tertiary/aromatic N) is 3. The molecule has 1 saturated heterocycles. The molecular weight excluding hydrogens is 451 g/mol. The average Bonchev–Trinajstić information content (AvgIpc) is 2.61. The zero-order valence-electron chi connectivity index (χ0n) is 15.2. The molecule has 0 aromatic heterocycles. The SMILES string of the molecule is CCOCCCCNC(=NC)N1CCN(c2cccc(Cl)c2)CC1.I. The molecule has 5 nitrogen and oxygen atoms in total. The van der Waals surface area contributed by atoms with Gasteiger partial charge in [0.1, 0.15) is 0 Å². The van der Waals surface area contributed by atoms with Crippen LogP contribution in [0.15, 0.2) is 29.3 Å². The van der Waals surface area contributed by atoms with Crippen molar-refractivity contribution in [3.8, 4) is 0 Å². The summed E-state index contributed by atoms with van der Waals surface area (Å²) in [6, 6.07) is 8.07. The van der Waals surface area contributed by atoms with E-state index in [0.717, 1.165) is 69.8 Å². The van der Waals surface area contributed by atoms with Crippen molar-refractivity contribution in [3.05, 3.63) is 29.3 Å². The van der Waals surface area contributed by atoms with Crippen molar-refractivity contribution in [2.75, 3.05) is 57.9 Å². The molecular formula is C18H30ClIN4O. The second-order valence-electron chi connectivity index (χ2n) is 5.83. The summed E-state index contributed by atoms with van der Waals surface area (Å²) in [7, 11) is 1.85. The second kappa shape index (κ2) is 12.6. The molecule has 7 heteroatoms. The van der Waals surface area contributed by atoms with E-state index in [1.54, 1.807) is 0 Å². The van der Waals surface area contributed by atoms with Crippen LogP contribution < -0.4 is 10.2 Å². The molecule has 25 heavy (non-hydrogen) atoms. The van der Waals surface area contributed by atoms with Crippen LogP contribution in [0.3, 0.4) is 0 Å². The Labute approximate surface area is 173 Å². The molecule has 1 N–H and O–H groups in total. The van der Waals surface area contributed by atoms with E-state index in [4.69, 9.17) is 16.3 Å². The molecule has 0 amide bonds. The smallest absolute Gasteiger partial charge is 0.193 e. The Balaban J connectivity index is 0.00000312. The van der Waals surface area contributed by atoms with Gasteiger partial charge in [-0.25, -0.2) is 0 Å². The van der Waals surface area contributed by atoms with Gasteiger partial charge < -0.3 is 19.9 Å². The highest BCUT2D eigenvalue weighted by Gasteiger charge is 2.19. The summed E-state index contributed by atoms with van der Waals surface area (Å²) in [5.74, 6) is 0.997. The van der Waals surface area contributed by atoms with E-state index >= 15 is 0 Å². The van der Waals surface area contributed by atoms with Gasteiger partial charge >= 0.3 is 0 Å². The lowest BCUT2D eigenvalue weighted by Gasteiger charge is -2.37. The summed E-state index contributed by atoms with van der Waals surface area (Å²) < 4.78 is 5.36. The number of hydrogen-bond donors (Lipinski definition) is 1. The van der Waals surface area contributed by atoms with Gasteiger partial charge in [0, 0.05) is 63.7 Å². The van der Waals surface area contributed by atoms with E-state index in [0.29, 0.717) is 0 Å². The molecule has 1 heterocycles. The maximum absolute atomic E-state index is 6.09. The molecule has 1 aromatic carbocycles. The Morgan fingerprint density at radius 1 is 1.24 bits per heavy atom. The standard InChI is InChI=1S/C18H29ClN4O.HI/c1-3-24-14-5-4-9-21-18(20-2)23-12-10-22(11-13-23)17-8-6-7-16(19)15-17;/h6-8,15H,3-5,9-14H2,1-2H3,(H,20,21);1H. The quantitative estimate of drug-likeness (QED) is 0.281. The van der Waals surface area contributed by atoms with E-state index in [1.165, 1.54) is 5.69 Å². The van der Waals surface area contributed by atoms with Crippen LogP contribution >= 0.6 is 35.6 Å². The van der Waals surface area contributed by atoms with Crippen molar-refractivity contribution in [3.63, 3.8) is 0 Å². The zero-order valence-corrected chi connectivity index (χ0v) is 18.3. The van der Waals surface area contributed by atoms with Crippen molar-refractivity contribution < 1.29 is 4.74 Å². The summed E-state index contributed by atoms with van der Waals surface area (Å²) in [6.45, 7) is 8.49. The van der Waals surface area contributed by atoms with Gasteiger partial charge in [-0.05, 0) is 38.0 Å². The first-order valence-corrected chi connectivity index (χ1v) is 9.16. The third kappa shape index (κ3) is 7.58. The number of halogens is 2. The third-order valence-corrected chi connectivity index (χ3v) is 4.40. The topological polar surface area (TPSA) is 40.1 Å². The van der Waals surface area contributed by atoms with Gasteiger partial charge in [-0.2, -0.15) is 0 Å². The highest BCUT2D eigenvalue weighted by molar-refractivity contribution is 14.0. The van der Waals surface area contributed by atoms with Crippen LogP contribution in [-0.2, 0) is 4.74 Å². The minimum absolute atomic E-state index is 0. The number of ether oxygens (including phenoxy) is 1. The number of guanidine groups is 1. The average molecular weight is 481 g/mol. The molecule has 0 spiro atoms. The van der Waals surface area contributed by atoms with Crippen LogP contribution in [0.4, 0.5) is 5.69 Å². The Bertz CT molecular complexity index is 522. The first kappa shape index (κ1) is 22.3. The Kier molecular flexibility index (Phi) is 11.2. The van der Waals surface area contributed by atoms with Gasteiger partial charge in [-0.15, -0.1) is 24.0 Å². The highest BCUT2D eigenvalue weighted by atomic mass is 127. The number of benzene rings is 1. The number of anilines is 1. The molecule has 0 radical (unpaired) electrons. The molecule has 0 aliphatic carbocycles. The van der Waals surface area contributed by atoms with Crippen LogP contribution in [0.5, 0.6) is 0 Å². The first-order valence-electron chi connectivity index (χ1n) is 8.78. The van der Waals surface area contributed by atoms with Gasteiger partial charge in [0.25, 0.3) is 0 Å². The largest absolute Gasteiger partial charge is 0.382 e. The Morgan fingerprint density at radius 3 is 2.64 bits per heavy atom. The maximum Gasteiger partial charge on any atom is 0.193 e. The van der Waals surface area contributed by atoms with Crippen molar-refractivity contribution >= 4 is 47.2 Å². The number of unbranched alkanes of at least 4 members (excludes halogenated alkanes) is 1. The van der Waals surface area contributed by atoms with Crippen molar-refractivity contribution in [1.82, 2.24) is 10.2 Å². The molecule has 1 aromatic rings. The monoisotopic (exact) mass is 480 g/mol. The molecule has 1 fully saturated rings. The number of nitrogens with one attached hydrogen (secondary N) is 1. The predicted octanol–water partition coefficient (Wildman–Crippen LogP) is 3.47. The van der Waals surface area contributed by atoms with Gasteiger partial charge in [-0.3, -0.25) is 4.99 Å². The van der Waals surface area contributed by atoms with Crippen LogP contribution in [0.25, 0.3) is 0 Å². The molecule has 1 aliphatic heterocycles. The number of piperazine rings is 1. The van der Waals surface area contributed by atoms with E-state index in [-0.39, 0.29) is 24.0 Å². The number of hydrogen-bond acceptors (Lipinski definition) is 3. The first-order chi connectivity index (χ1) is 11.7. The van der Waals surface area contributed by atoms with E-state index < -0.39 is 0 Å². The zero-order chi connectivity index (χ0) is 17.2. The molecule has 142 valence electrons. The van der Waals surface area contributed by atoms with Crippen molar-refractivity contribution in [1.29, 1.82) is 0 Å². The molecule has 0 atom stereocenters. The van der Waals surface area contributed by atoms with E-state index in [9.17, 15) is 0 Å². The minimum Gasteiger partial charge on any atom is -0.382 e. The molecule has 2 rings (SSSR count). The second-order valence-corrected chi connectivity index (χ2v) is 6.27. The molecule has 1 aliphatic rings.